The zero-order chi connectivity index (χ0) is 17.8. The smallest absolute Gasteiger partial charge is 0.333 e. The molecule has 0 aliphatic heterocycles. The van der Waals surface area contributed by atoms with Gasteiger partial charge in [-0.1, -0.05) is 20.4 Å². The van der Waals surface area contributed by atoms with E-state index in [0.29, 0.717) is 12.8 Å². The molecule has 0 heterocycles. The third-order valence-electron chi connectivity index (χ3n) is 3.11. The van der Waals surface area contributed by atoms with Crippen LogP contribution in [0.15, 0.2) is 12.2 Å². The summed E-state index contributed by atoms with van der Waals surface area (Å²) < 4.78 is 14.7. The van der Waals surface area contributed by atoms with Crippen molar-refractivity contribution >= 4 is 17.9 Å². The maximum atomic E-state index is 11.8. The second-order valence-electron chi connectivity index (χ2n) is 5.22. The molecule has 0 saturated carbocycles. The highest BCUT2D eigenvalue weighted by Gasteiger charge is 2.25. The zero-order valence-electron chi connectivity index (χ0n) is 14.0. The molecule has 132 valence electrons. The minimum Gasteiger partial charge on any atom is -0.463 e. The number of carbonyl (C=O) groups is 3. The van der Waals surface area contributed by atoms with Crippen molar-refractivity contribution in [3.63, 3.8) is 0 Å². The molecule has 0 aromatic heterocycles. The lowest BCUT2D eigenvalue weighted by Gasteiger charge is -2.17. The van der Waals surface area contributed by atoms with E-state index >= 15 is 0 Å². The van der Waals surface area contributed by atoms with E-state index in [1.807, 2.05) is 6.92 Å². The van der Waals surface area contributed by atoms with E-state index in [1.54, 1.807) is 6.92 Å². The van der Waals surface area contributed by atoms with Crippen LogP contribution in [-0.2, 0) is 28.6 Å². The van der Waals surface area contributed by atoms with Crippen LogP contribution in [0.2, 0.25) is 0 Å². The highest BCUT2D eigenvalue weighted by atomic mass is 16.6. The van der Waals surface area contributed by atoms with Crippen molar-refractivity contribution in [2.75, 3.05) is 26.4 Å². The first-order valence-corrected chi connectivity index (χ1v) is 7.60. The fourth-order valence-corrected chi connectivity index (χ4v) is 1.76. The maximum absolute atomic E-state index is 11.8. The lowest BCUT2D eigenvalue weighted by Crippen LogP contribution is -2.25. The summed E-state index contributed by atoms with van der Waals surface area (Å²) in [4.78, 5) is 34.7. The van der Waals surface area contributed by atoms with Crippen LogP contribution in [-0.4, -0.2) is 49.4 Å². The molecule has 0 aliphatic carbocycles. The second-order valence-corrected chi connectivity index (χ2v) is 5.22. The van der Waals surface area contributed by atoms with Gasteiger partial charge in [0, 0.05) is 5.57 Å². The molecule has 23 heavy (non-hydrogen) atoms. The van der Waals surface area contributed by atoms with E-state index in [2.05, 4.69) is 6.58 Å². The van der Waals surface area contributed by atoms with E-state index in [-0.39, 0.29) is 32.0 Å². The SMILES string of the molecule is C=C(C)C(=O)OCCOC(=O)C(C)CC(CC)C(=O)OCCO. The molecule has 0 aromatic rings. The predicted molar refractivity (Wildman–Crippen MR) is 82.3 cm³/mol. The van der Waals surface area contributed by atoms with Gasteiger partial charge in [0.15, 0.2) is 0 Å². The fraction of sp³-hybridized carbons (Fsp3) is 0.688. The number of aliphatic hydroxyl groups excluding tert-OH is 1. The van der Waals surface area contributed by atoms with Gasteiger partial charge in [0.2, 0.25) is 0 Å². The molecular formula is C16H26O7. The summed E-state index contributed by atoms with van der Waals surface area (Å²) in [6.07, 6.45) is 0.823. The molecule has 0 saturated heterocycles. The largest absolute Gasteiger partial charge is 0.463 e. The average Bonchev–Trinajstić information content (AvgIpc) is 2.53. The number of rotatable bonds is 11. The molecule has 0 radical (unpaired) electrons. The molecule has 0 aromatic carbocycles. The Morgan fingerprint density at radius 1 is 1.04 bits per heavy atom. The molecule has 0 spiro atoms. The first kappa shape index (κ1) is 21.1. The van der Waals surface area contributed by atoms with Crippen molar-refractivity contribution in [3.05, 3.63) is 12.2 Å². The Balaban J connectivity index is 4.14. The van der Waals surface area contributed by atoms with Crippen molar-refractivity contribution < 1.29 is 33.7 Å². The fourth-order valence-electron chi connectivity index (χ4n) is 1.76. The average molecular weight is 330 g/mol. The van der Waals surface area contributed by atoms with Crippen molar-refractivity contribution in [1.82, 2.24) is 0 Å². The Morgan fingerprint density at radius 3 is 2.13 bits per heavy atom. The van der Waals surface area contributed by atoms with Gasteiger partial charge < -0.3 is 19.3 Å². The topological polar surface area (TPSA) is 99.1 Å². The highest BCUT2D eigenvalue weighted by Crippen LogP contribution is 2.18. The summed E-state index contributed by atoms with van der Waals surface area (Å²) in [6, 6.07) is 0. The quantitative estimate of drug-likeness (QED) is 0.263. The van der Waals surface area contributed by atoms with Gasteiger partial charge in [0.1, 0.15) is 19.8 Å². The number of hydrogen-bond donors (Lipinski definition) is 1. The van der Waals surface area contributed by atoms with E-state index in [0.717, 1.165) is 0 Å². The van der Waals surface area contributed by atoms with Crippen LogP contribution in [0.5, 0.6) is 0 Å². The molecule has 7 nitrogen and oxygen atoms in total. The van der Waals surface area contributed by atoms with Crippen molar-refractivity contribution in [2.24, 2.45) is 11.8 Å². The van der Waals surface area contributed by atoms with E-state index in [4.69, 9.17) is 19.3 Å². The van der Waals surface area contributed by atoms with Gasteiger partial charge in [-0.3, -0.25) is 9.59 Å². The van der Waals surface area contributed by atoms with Crippen molar-refractivity contribution in [1.29, 1.82) is 0 Å². The Bertz CT molecular complexity index is 417. The van der Waals surface area contributed by atoms with E-state index in [1.165, 1.54) is 6.92 Å². The molecule has 0 aliphatic rings. The molecule has 2 unspecified atom stereocenters. The van der Waals surface area contributed by atoms with Crippen LogP contribution in [0.1, 0.15) is 33.6 Å². The molecule has 0 bridgehead atoms. The maximum Gasteiger partial charge on any atom is 0.333 e. The van der Waals surface area contributed by atoms with Crippen LogP contribution in [0.4, 0.5) is 0 Å². The van der Waals surface area contributed by atoms with Crippen LogP contribution in [0.25, 0.3) is 0 Å². The minimum atomic E-state index is -0.535. The minimum absolute atomic E-state index is 0.0418. The van der Waals surface area contributed by atoms with Crippen molar-refractivity contribution in [3.8, 4) is 0 Å². The summed E-state index contributed by atoms with van der Waals surface area (Å²) in [5.74, 6) is -2.35. The molecule has 0 fully saturated rings. The number of hydrogen-bond acceptors (Lipinski definition) is 7. The third kappa shape index (κ3) is 8.97. The number of aliphatic hydroxyl groups is 1. The summed E-state index contributed by atoms with van der Waals surface area (Å²) >= 11 is 0. The van der Waals surface area contributed by atoms with Gasteiger partial charge in [-0.25, -0.2) is 4.79 Å². The van der Waals surface area contributed by atoms with Gasteiger partial charge in [-0.2, -0.15) is 0 Å². The zero-order valence-corrected chi connectivity index (χ0v) is 14.0. The lowest BCUT2D eigenvalue weighted by atomic mass is 9.94. The van der Waals surface area contributed by atoms with Crippen LogP contribution in [0.3, 0.4) is 0 Å². The van der Waals surface area contributed by atoms with Crippen molar-refractivity contribution in [2.45, 2.75) is 33.6 Å². The van der Waals surface area contributed by atoms with Gasteiger partial charge in [0.25, 0.3) is 0 Å². The summed E-state index contributed by atoms with van der Waals surface area (Å²) in [6.45, 7) is 8.06. The van der Waals surface area contributed by atoms with Gasteiger partial charge in [-0.05, 0) is 19.8 Å². The Kier molecular flexibility index (Phi) is 10.7. The predicted octanol–water partition coefficient (Wildman–Crippen LogP) is 1.24. The monoisotopic (exact) mass is 330 g/mol. The van der Waals surface area contributed by atoms with Crippen LogP contribution < -0.4 is 0 Å². The molecule has 0 amide bonds. The third-order valence-corrected chi connectivity index (χ3v) is 3.11. The molecule has 2 atom stereocenters. The summed E-state index contributed by atoms with van der Waals surface area (Å²) in [5, 5.41) is 8.64. The van der Waals surface area contributed by atoms with Gasteiger partial charge in [-0.15, -0.1) is 0 Å². The number of carbonyl (C=O) groups excluding carboxylic acids is 3. The second kappa shape index (κ2) is 11.6. The summed E-state index contributed by atoms with van der Waals surface area (Å²) in [5.41, 5.74) is 0.275. The number of esters is 3. The first-order valence-electron chi connectivity index (χ1n) is 7.60. The van der Waals surface area contributed by atoms with Gasteiger partial charge in [0.05, 0.1) is 18.4 Å². The molecule has 0 rings (SSSR count). The van der Waals surface area contributed by atoms with Crippen LogP contribution >= 0.6 is 0 Å². The first-order chi connectivity index (χ1) is 10.8. The number of ether oxygens (including phenoxy) is 3. The highest BCUT2D eigenvalue weighted by molar-refractivity contribution is 5.86. The normalized spacial score (nSPS) is 12.9. The standard InChI is InChI=1S/C16H26O7/c1-5-13(16(20)21-7-6-17)10-12(4)15(19)23-9-8-22-14(18)11(2)3/h12-13,17H,2,5-10H2,1,3-4H3. The molecule has 7 heteroatoms. The van der Waals surface area contributed by atoms with E-state index in [9.17, 15) is 14.4 Å². The van der Waals surface area contributed by atoms with Crippen LogP contribution in [0, 0.1) is 11.8 Å². The Morgan fingerprint density at radius 2 is 1.61 bits per heavy atom. The molecule has 1 N–H and O–H groups in total. The lowest BCUT2D eigenvalue weighted by molar-refractivity contribution is -0.155. The Hall–Kier alpha value is -1.89. The Labute approximate surface area is 136 Å². The molecular weight excluding hydrogens is 304 g/mol. The van der Waals surface area contributed by atoms with E-state index < -0.39 is 29.7 Å². The van der Waals surface area contributed by atoms with Gasteiger partial charge >= 0.3 is 17.9 Å². The summed E-state index contributed by atoms with van der Waals surface area (Å²) in [7, 11) is 0.